The van der Waals surface area contributed by atoms with Crippen LogP contribution in [0.3, 0.4) is 0 Å². The molecule has 1 aromatic heterocycles. The maximum atomic E-state index is 12.1. The molecule has 40 heavy (non-hydrogen) atoms. The van der Waals surface area contributed by atoms with Crippen LogP contribution in [0.1, 0.15) is 18.1 Å². The molecule has 1 amide bonds. The Morgan fingerprint density at radius 2 is 1.62 bits per heavy atom. The SMILES string of the molecule is COC(=O)CN=c1n(Cc2ccccc2Cl)c2ccccc2n1-c1ccc(-c2cc(C)ccc2NC(C)=O)cc1. The Balaban J connectivity index is 1.68. The van der Waals surface area contributed by atoms with Crippen molar-refractivity contribution in [1.82, 2.24) is 9.13 Å². The fraction of sp³-hybridized carbons (Fsp3) is 0.156. The van der Waals surface area contributed by atoms with Gasteiger partial charge in [-0.3, -0.25) is 14.2 Å². The molecule has 0 bridgehead atoms. The maximum Gasteiger partial charge on any atom is 0.327 e. The minimum Gasteiger partial charge on any atom is -0.468 e. The number of benzene rings is 4. The van der Waals surface area contributed by atoms with Crippen molar-refractivity contribution in [2.24, 2.45) is 4.99 Å². The molecule has 202 valence electrons. The summed E-state index contributed by atoms with van der Waals surface area (Å²) in [5.41, 5.74) is 8.02. The largest absolute Gasteiger partial charge is 0.468 e. The zero-order chi connectivity index (χ0) is 28.2. The van der Waals surface area contributed by atoms with Gasteiger partial charge in [0.25, 0.3) is 0 Å². The number of carbonyl (C=O) groups is 2. The number of esters is 1. The third-order valence-electron chi connectivity index (χ3n) is 6.64. The number of halogens is 1. The molecular weight excluding hydrogens is 524 g/mol. The molecule has 0 spiro atoms. The normalized spacial score (nSPS) is 11.6. The van der Waals surface area contributed by atoms with Crippen molar-refractivity contribution in [3.63, 3.8) is 0 Å². The summed E-state index contributed by atoms with van der Waals surface area (Å²) in [5, 5.41) is 3.58. The van der Waals surface area contributed by atoms with Crippen molar-refractivity contribution < 1.29 is 14.3 Å². The number of imidazole rings is 1. The van der Waals surface area contributed by atoms with Crippen LogP contribution in [0.15, 0.2) is 96.0 Å². The topological polar surface area (TPSA) is 77.6 Å². The van der Waals surface area contributed by atoms with Crippen LogP contribution in [0, 0.1) is 6.92 Å². The van der Waals surface area contributed by atoms with Gasteiger partial charge >= 0.3 is 5.97 Å². The van der Waals surface area contributed by atoms with Crippen molar-refractivity contribution in [2.75, 3.05) is 19.0 Å². The number of para-hydroxylation sites is 2. The zero-order valence-electron chi connectivity index (χ0n) is 22.5. The second-order valence-electron chi connectivity index (χ2n) is 9.47. The van der Waals surface area contributed by atoms with Crippen LogP contribution < -0.4 is 10.9 Å². The Labute approximate surface area is 237 Å². The summed E-state index contributed by atoms with van der Waals surface area (Å²) in [6.07, 6.45) is 0. The second-order valence-corrected chi connectivity index (χ2v) is 9.88. The first-order chi connectivity index (χ1) is 19.4. The number of hydrogen-bond donors (Lipinski definition) is 1. The van der Waals surface area contributed by atoms with Gasteiger partial charge in [0, 0.05) is 28.9 Å². The van der Waals surface area contributed by atoms with E-state index in [-0.39, 0.29) is 12.5 Å². The lowest BCUT2D eigenvalue weighted by molar-refractivity contribution is -0.138. The fourth-order valence-corrected chi connectivity index (χ4v) is 4.96. The summed E-state index contributed by atoms with van der Waals surface area (Å²) in [6.45, 7) is 3.86. The van der Waals surface area contributed by atoms with Crippen molar-refractivity contribution in [1.29, 1.82) is 0 Å². The molecule has 5 aromatic rings. The standard InChI is InChI=1S/C32H29ClN4O3/c1-21-12-17-28(35-22(2)38)26(18-21)23-13-15-25(16-14-23)37-30-11-7-6-10-29(30)36(32(37)34-19-31(39)40-3)20-24-8-4-5-9-27(24)33/h4-18H,19-20H2,1-3H3,(H,35,38). The number of anilines is 1. The Hall–Kier alpha value is -4.62. The van der Waals surface area contributed by atoms with Crippen molar-refractivity contribution in [3.05, 3.63) is 113 Å². The number of nitrogens with zero attached hydrogens (tertiary/aromatic N) is 3. The number of rotatable bonds is 7. The van der Waals surface area contributed by atoms with Crippen molar-refractivity contribution in [2.45, 2.75) is 20.4 Å². The molecule has 5 rings (SSSR count). The molecule has 0 atom stereocenters. The van der Waals surface area contributed by atoms with Crippen LogP contribution in [0.4, 0.5) is 5.69 Å². The van der Waals surface area contributed by atoms with E-state index in [1.165, 1.54) is 14.0 Å². The van der Waals surface area contributed by atoms with Crippen molar-refractivity contribution in [3.8, 4) is 16.8 Å². The number of aromatic nitrogens is 2. The Morgan fingerprint density at radius 3 is 2.33 bits per heavy atom. The van der Waals surface area contributed by atoms with E-state index < -0.39 is 5.97 Å². The van der Waals surface area contributed by atoms with Gasteiger partial charge < -0.3 is 14.6 Å². The first kappa shape index (κ1) is 27.0. The van der Waals surface area contributed by atoms with Crippen molar-refractivity contribution >= 4 is 40.2 Å². The maximum absolute atomic E-state index is 12.1. The summed E-state index contributed by atoms with van der Waals surface area (Å²) in [5.74, 6) is -0.554. The number of hydrogen-bond acceptors (Lipinski definition) is 4. The highest BCUT2D eigenvalue weighted by atomic mass is 35.5. The number of aryl methyl sites for hydroxylation is 1. The lowest BCUT2D eigenvalue weighted by Crippen LogP contribution is -2.27. The van der Waals surface area contributed by atoms with E-state index in [9.17, 15) is 9.59 Å². The summed E-state index contributed by atoms with van der Waals surface area (Å²) >= 11 is 6.53. The molecule has 1 heterocycles. The summed E-state index contributed by atoms with van der Waals surface area (Å²) < 4.78 is 8.97. The lowest BCUT2D eigenvalue weighted by Gasteiger charge is -2.13. The highest BCUT2D eigenvalue weighted by molar-refractivity contribution is 6.31. The van der Waals surface area contributed by atoms with Crippen LogP contribution in [0.2, 0.25) is 5.02 Å². The van der Waals surface area contributed by atoms with Gasteiger partial charge in [0.2, 0.25) is 11.5 Å². The Kier molecular flexibility index (Phi) is 7.84. The zero-order valence-corrected chi connectivity index (χ0v) is 23.3. The van der Waals surface area contributed by atoms with Crippen LogP contribution in [0.5, 0.6) is 0 Å². The number of ether oxygens (including phenoxy) is 1. The molecule has 4 aromatic carbocycles. The monoisotopic (exact) mass is 552 g/mol. The molecule has 0 saturated carbocycles. The number of amides is 1. The Morgan fingerprint density at radius 1 is 0.925 bits per heavy atom. The smallest absolute Gasteiger partial charge is 0.327 e. The van der Waals surface area contributed by atoms with Crippen LogP contribution >= 0.6 is 11.6 Å². The fourth-order valence-electron chi connectivity index (χ4n) is 4.77. The van der Waals surface area contributed by atoms with Gasteiger partial charge in [-0.2, -0.15) is 0 Å². The van der Waals surface area contributed by atoms with Gasteiger partial charge in [0.15, 0.2) is 0 Å². The number of carbonyl (C=O) groups excluding carboxylic acids is 2. The Bertz CT molecular complexity index is 1780. The molecule has 0 saturated heterocycles. The highest BCUT2D eigenvalue weighted by Crippen LogP contribution is 2.30. The average molecular weight is 553 g/mol. The van der Waals surface area contributed by atoms with E-state index in [1.807, 2.05) is 96.4 Å². The minimum atomic E-state index is -0.429. The second kappa shape index (κ2) is 11.6. The molecule has 0 aliphatic rings. The number of methoxy groups -OCH3 is 1. The first-order valence-corrected chi connectivity index (χ1v) is 13.2. The van der Waals surface area contributed by atoms with Gasteiger partial charge in [-0.1, -0.05) is 65.7 Å². The molecule has 7 nitrogen and oxygen atoms in total. The van der Waals surface area contributed by atoms with Crippen LogP contribution in [0.25, 0.3) is 27.8 Å². The van der Waals surface area contributed by atoms with Gasteiger partial charge in [0.1, 0.15) is 6.54 Å². The summed E-state index contributed by atoms with van der Waals surface area (Å²) in [6, 6.07) is 29.7. The van der Waals surface area contributed by atoms with Crippen LogP contribution in [-0.4, -0.2) is 34.7 Å². The van der Waals surface area contributed by atoms with E-state index >= 15 is 0 Å². The van der Waals surface area contributed by atoms with Gasteiger partial charge in [-0.05, 0) is 60.5 Å². The van der Waals surface area contributed by atoms with Crippen LogP contribution in [-0.2, 0) is 20.9 Å². The summed E-state index contributed by atoms with van der Waals surface area (Å²) in [4.78, 5) is 28.6. The third kappa shape index (κ3) is 5.55. The molecule has 8 heteroatoms. The molecule has 0 aliphatic carbocycles. The van der Waals surface area contributed by atoms with E-state index in [1.54, 1.807) is 0 Å². The predicted octanol–water partition coefficient (Wildman–Crippen LogP) is 6.14. The quantitative estimate of drug-likeness (QED) is 0.246. The highest BCUT2D eigenvalue weighted by Gasteiger charge is 2.16. The van der Waals surface area contributed by atoms with Gasteiger partial charge in [-0.25, -0.2) is 4.99 Å². The average Bonchev–Trinajstić information content (AvgIpc) is 3.26. The first-order valence-electron chi connectivity index (χ1n) is 12.9. The number of fused-ring (bicyclic) bond motifs is 1. The summed E-state index contributed by atoms with van der Waals surface area (Å²) in [7, 11) is 1.35. The van der Waals surface area contributed by atoms with E-state index in [0.29, 0.717) is 17.2 Å². The molecule has 0 fully saturated rings. The number of nitrogens with one attached hydrogen (secondary N) is 1. The third-order valence-corrected chi connectivity index (χ3v) is 7.01. The molecule has 0 aliphatic heterocycles. The molecular formula is C32H29ClN4O3. The molecule has 0 radical (unpaired) electrons. The van der Waals surface area contributed by atoms with E-state index in [2.05, 4.69) is 16.0 Å². The predicted molar refractivity (Wildman–Crippen MR) is 159 cm³/mol. The van der Waals surface area contributed by atoms with E-state index in [4.69, 9.17) is 21.3 Å². The lowest BCUT2D eigenvalue weighted by atomic mass is 10.0. The van der Waals surface area contributed by atoms with Gasteiger partial charge in [-0.15, -0.1) is 0 Å². The molecule has 1 N–H and O–H groups in total. The minimum absolute atomic E-state index is 0.125. The molecule has 0 unspecified atom stereocenters. The van der Waals surface area contributed by atoms with E-state index in [0.717, 1.165) is 44.7 Å². The van der Waals surface area contributed by atoms with Gasteiger partial charge in [0.05, 0.1) is 24.7 Å².